The van der Waals surface area contributed by atoms with Crippen LogP contribution in [0.5, 0.6) is 0 Å². The Kier molecular flexibility index (Phi) is 5.84. The molecule has 2 aromatic carbocycles. The molecule has 0 spiro atoms. The maximum atomic E-state index is 12.6. The van der Waals surface area contributed by atoms with E-state index in [9.17, 15) is 8.42 Å². The van der Waals surface area contributed by atoms with Crippen LogP contribution in [0, 0.1) is 0 Å². The molecule has 0 fully saturated rings. The highest BCUT2D eigenvalue weighted by molar-refractivity contribution is 9.10. The van der Waals surface area contributed by atoms with Gasteiger partial charge in [0.2, 0.25) is 0 Å². The first kappa shape index (κ1) is 19.5. The lowest BCUT2D eigenvalue weighted by Gasteiger charge is -2.08. The van der Waals surface area contributed by atoms with E-state index in [4.69, 9.17) is 34.8 Å². The average Bonchev–Trinajstić information content (AvgIpc) is 2.90. The van der Waals surface area contributed by atoms with Crippen LogP contribution in [0.25, 0.3) is 0 Å². The number of nitrogens with zero attached hydrogens (tertiary/aromatic N) is 2. The third-order valence-corrected chi connectivity index (χ3v) is 6.28. The van der Waals surface area contributed by atoms with Gasteiger partial charge in [-0.15, -0.1) is 0 Å². The molecule has 0 aliphatic carbocycles. The van der Waals surface area contributed by atoms with E-state index < -0.39 is 10.0 Å². The molecule has 1 N–H and O–H groups in total. The van der Waals surface area contributed by atoms with Crippen LogP contribution in [0.3, 0.4) is 0 Å². The van der Waals surface area contributed by atoms with E-state index in [1.54, 1.807) is 23.0 Å². The summed E-state index contributed by atoms with van der Waals surface area (Å²) in [5.74, 6) is 0.148. The Morgan fingerprint density at radius 1 is 1.04 bits per heavy atom. The van der Waals surface area contributed by atoms with Crippen molar-refractivity contribution in [3.05, 3.63) is 73.8 Å². The van der Waals surface area contributed by atoms with Gasteiger partial charge in [-0.3, -0.25) is 9.40 Å². The third-order valence-electron chi connectivity index (χ3n) is 3.39. The minimum Gasteiger partial charge on any atom is -0.265 e. The molecule has 1 aromatic heterocycles. The van der Waals surface area contributed by atoms with Crippen LogP contribution in [0.1, 0.15) is 5.56 Å². The van der Waals surface area contributed by atoms with Gasteiger partial charge in [-0.2, -0.15) is 5.10 Å². The normalized spacial score (nSPS) is 11.5. The fraction of sp³-hybridized carbons (Fsp3) is 0.0625. The summed E-state index contributed by atoms with van der Waals surface area (Å²) in [4.78, 5) is -0.120. The molecule has 0 unspecified atom stereocenters. The summed E-state index contributed by atoms with van der Waals surface area (Å²) < 4.78 is 29.7. The summed E-state index contributed by atoms with van der Waals surface area (Å²) in [6, 6.07) is 11.5. The largest absolute Gasteiger partial charge is 0.265 e. The van der Waals surface area contributed by atoms with Gasteiger partial charge in [0.05, 0.1) is 16.0 Å². The molecule has 26 heavy (non-hydrogen) atoms. The number of aromatic nitrogens is 2. The Labute approximate surface area is 174 Å². The van der Waals surface area contributed by atoms with E-state index in [0.717, 1.165) is 5.56 Å². The van der Waals surface area contributed by atoms with Gasteiger partial charge in [0.25, 0.3) is 10.0 Å². The fourth-order valence-corrected chi connectivity index (χ4v) is 4.64. The van der Waals surface area contributed by atoms with E-state index in [-0.39, 0.29) is 20.8 Å². The van der Waals surface area contributed by atoms with Crippen molar-refractivity contribution < 1.29 is 8.42 Å². The zero-order valence-electron chi connectivity index (χ0n) is 13.0. The second-order valence-electron chi connectivity index (χ2n) is 5.33. The summed E-state index contributed by atoms with van der Waals surface area (Å²) in [7, 11) is -3.94. The van der Waals surface area contributed by atoms with Gasteiger partial charge in [0, 0.05) is 16.2 Å². The van der Waals surface area contributed by atoms with Gasteiger partial charge >= 0.3 is 0 Å². The molecule has 3 aromatic rings. The lowest BCUT2D eigenvalue weighted by molar-refractivity contribution is 0.600. The lowest BCUT2D eigenvalue weighted by Crippen LogP contribution is -2.14. The van der Waals surface area contributed by atoms with E-state index >= 15 is 0 Å². The molecule has 5 nitrogen and oxygen atoms in total. The highest BCUT2D eigenvalue weighted by Crippen LogP contribution is 2.29. The van der Waals surface area contributed by atoms with Crippen LogP contribution in [0.15, 0.2) is 58.0 Å². The molecule has 0 aliphatic heterocycles. The zero-order chi connectivity index (χ0) is 18.9. The monoisotopic (exact) mass is 493 g/mol. The van der Waals surface area contributed by atoms with Crippen LogP contribution in [-0.4, -0.2) is 18.2 Å². The highest BCUT2D eigenvalue weighted by Gasteiger charge is 2.21. The first-order valence-electron chi connectivity index (χ1n) is 7.20. The Bertz CT molecular complexity index is 1050. The number of nitrogens with one attached hydrogen (secondary N) is 1. The van der Waals surface area contributed by atoms with Crippen molar-refractivity contribution in [2.24, 2.45) is 0 Å². The van der Waals surface area contributed by atoms with E-state index in [2.05, 4.69) is 25.8 Å². The van der Waals surface area contributed by atoms with Gasteiger partial charge in [-0.25, -0.2) is 8.42 Å². The van der Waals surface area contributed by atoms with Gasteiger partial charge in [0.15, 0.2) is 5.82 Å². The van der Waals surface area contributed by atoms with Gasteiger partial charge < -0.3 is 0 Å². The Morgan fingerprint density at radius 2 is 1.69 bits per heavy atom. The van der Waals surface area contributed by atoms with Crippen LogP contribution in [0.2, 0.25) is 15.1 Å². The number of halogens is 4. The molecule has 136 valence electrons. The lowest BCUT2D eigenvalue weighted by atomic mass is 10.2. The third kappa shape index (κ3) is 4.53. The number of anilines is 1. The molecule has 3 rings (SSSR count). The topological polar surface area (TPSA) is 64.0 Å². The Balaban J connectivity index is 1.85. The summed E-state index contributed by atoms with van der Waals surface area (Å²) >= 11 is 21.0. The minimum atomic E-state index is -3.94. The molecule has 0 amide bonds. The zero-order valence-corrected chi connectivity index (χ0v) is 17.6. The summed E-state index contributed by atoms with van der Waals surface area (Å²) in [6.07, 6.45) is 1.67. The molecule has 0 bridgehead atoms. The highest BCUT2D eigenvalue weighted by atomic mass is 79.9. The number of sulfonamides is 1. The van der Waals surface area contributed by atoms with E-state index in [1.807, 2.05) is 12.1 Å². The first-order chi connectivity index (χ1) is 12.2. The number of hydrogen-bond donors (Lipinski definition) is 1. The smallest absolute Gasteiger partial charge is 0.264 e. The molecule has 0 aliphatic rings. The summed E-state index contributed by atoms with van der Waals surface area (Å²) in [6.45, 7) is 0.454. The van der Waals surface area contributed by atoms with Crippen LogP contribution >= 0.6 is 50.7 Å². The van der Waals surface area contributed by atoms with Crippen LogP contribution < -0.4 is 4.72 Å². The molecule has 0 atom stereocenters. The molecular weight excluding hydrogens is 485 g/mol. The predicted molar refractivity (Wildman–Crippen MR) is 108 cm³/mol. The summed E-state index contributed by atoms with van der Waals surface area (Å²) in [5, 5.41) is 5.24. The van der Waals surface area contributed by atoms with Crippen molar-refractivity contribution in [1.82, 2.24) is 9.78 Å². The van der Waals surface area contributed by atoms with Gasteiger partial charge in [-0.1, -0.05) is 46.9 Å². The molecule has 0 saturated carbocycles. The second kappa shape index (κ2) is 7.78. The molecule has 0 saturated heterocycles. The standard InChI is InChI=1S/C16H11BrCl3N3O2S/c17-13-9-23(8-10-1-3-11(18)4-2-10)21-16(13)22-26(24,25)15-7-12(19)5-6-14(15)20/h1-7,9H,8H2,(H,21,22). The summed E-state index contributed by atoms with van der Waals surface area (Å²) in [5.41, 5.74) is 0.969. The van der Waals surface area contributed by atoms with Crippen molar-refractivity contribution in [3.8, 4) is 0 Å². The maximum absolute atomic E-state index is 12.6. The predicted octanol–water partition coefficient (Wildman–Crippen LogP) is 5.45. The maximum Gasteiger partial charge on any atom is 0.264 e. The average molecular weight is 496 g/mol. The van der Waals surface area contributed by atoms with Gasteiger partial charge in [0.1, 0.15) is 4.90 Å². The molecule has 1 heterocycles. The fourth-order valence-electron chi connectivity index (χ4n) is 2.19. The van der Waals surface area contributed by atoms with E-state index in [0.29, 0.717) is 16.0 Å². The Morgan fingerprint density at radius 3 is 2.38 bits per heavy atom. The molecule has 0 radical (unpaired) electrons. The quantitative estimate of drug-likeness (QED) is 0.512. The first-order valence-corrected chi connectivity index (χ1v) is 10.6. The number of rotatable bonds is 5. The van der Waals surface area contributed by atoms with Crippen LogP contribution in [-0.2, 0) is 16.6 Å². The minimum absolute atomic E-state index is 0.0682. The van der Waals surface area contributed by atoms with E-state index in [1.165, 1.54) is 18.2 Å². The SMILES string of the molecule is O=S(=O)(Nc1nn(Cc2ccc(Cl)cc2)cc1Br)c1cc(Cl)ccc1Cl. The number of benzene rings is 2. The second-order valence-corrected chi connectivity index (χ2v) is 9.12. The van der Waals surface area contributed by atoms with Crippen LogP contribution in [0.4, 0.5) is 5.82 Å². The Hall–Kier alpha value is -1.25. The van der Waals surface area contributed by atoms with Crippen molar-refractivity contribution in [3.63, 3.8) is 0 Å². The van der Waals surface area contributed by atoms with Crippen molar-refractivity contribution in [1.29, 1.82) is 0 Å². The molecular formula is C16H11BrCl3N3O2S. The van der Waals surface area contributed by atoms with Crippen molar-refractivity contribution in [2.45, 2.75) is 11.4 Å². The van der Waals surface area contributed by atoms with Crippen molar-refractivity contribution in [2.75, 3.05) is 4.72 Å². The van der Waals surface area contributed by atoms with Crippen molar-refractivity contribution >= 4 is 66.6 Å². The number of hydrogen-bond acceptors (Lipinski definition) is 3. The molecule has 10 heteroatoms. The van der Waals surface area contributed by atoms with Gasteiger partial charge in [-0.05, 0) is 51.8 Å².